The number of anilines is 1. The number of aromatic hydroxyl groups is 1. The molecule has 29 heavy (non-hydrogen) atoms. The van der Waals surface area contributed by atoms with E-state index in [-0.39, 0.29) is 28.3 Å². The van der Waals surface area contributed by atoms with Crippen molar-refractivity contribution < 1.29 is 24.7 Å². The van der Waals surface area contributed by atoms with Gasteiger partial charge in [0.2, 0.25) is 22.9 Å². The Morgan fingerprint density at radius 3 is 2.83 bits per heavy atom. The molecule has 6 N–H and O–H groups in total. The Hall–Kier alpha value is -3.68. The average Bonchev–Trinajstić information content (AvgIpc) is 3.06. The van der Waals surface area contributed by atoms with Gasteiger partial charge >= 0.3 is 0 Å². The van der Waals surface area contributed by atoms with E-state index in [2.05, 4.69) is 25.1 Å². The van der Waals surface area contributed by atoms with Crippen LogP contribution in [-0.2, 0) is 21.0 Å². The second-order valence-electron chi connectivity index (χ2n) is 6.65. The molecule has 13 nitrogen and oxygen atoms in total. The Morgan fingerprint density at radius 1 is 1.52 bits per heavy atom. The molecular formula is C15H17N7O6S. The van der Waals surface area contributed by atoms with Crippen LogP contribution in [0.1, 0.15) is 25.4 Å². The number of nitrogens with zero attached hydrogens (tertiary/aromatic N) is 4. The Morgan fingerprint density at radius 2 is 2.24 bits per heavy atom. The summed E-state index contributed by atoms with van der Waals surface area (Å²) in [5.74, 6) is -1.90. The molecule has 0 spiro atoms. The van der Waals surface area contributed by atoms with Crippen molar-refractivity contribution in [1.82, 2.24) is 24.7 Å². The molecule has 1 atom stereocenters. The first kappa shape index (κ1) is 20.1. The monoisotopic (exact) mass is 423 g/mol. The van der Waals surface area contributed by atoms with E-state index < -0.39 is 35.3 Å². The van der Waals surface area contributed by atoms with Crippen molar-refractivity contribution in [3.8, 4) is 5.75 Å². The molecule has 0 aromatic carbocycles. The lowest BCUT2D eigenvalue weighted by Crippen LogP contribution is -2.75. The highest BCUT2D eigenvalue weighted by Crippen LogP contribution is 2.19. The van der Waals surface area contributed by atoms with Gasteiger partial charge in [-0.15, -0.1) is 0 Å². The van der Waals surface area contributed by atoms with Crippen LogP contribution in [0.3, 0.4) is 0 Å². The summed E-state index contributed by atoms with van der Waals surface area (Å²) in [5.41, 5.74) is 3.78. The van der Waals surface area contributed by atoms with E-state index in [0.717, 1.165) is 23.8 Å². The van der Waals surface area contributed by atoms with Gasteiger partial charge in [0.15, 0.2) is 17.5 Å². The van der Waals surface area contributed by atoms with Crippen LogP contribution in [-0.4, -0.2) is 53.5 Å². The standard InChI is InChI=1S/C15H17N7O6S/c1-15(2)10(13(26)19-15)17-12(25)9(11-18-14(16)29-21-11)20-28-5-6-3-7(23)8(24)4-22(6)27/h3-4,10,24,27H,5H2,1-2H3,(H,17,25)(H,19,26)(H2,16,18,21)/b20-9-/t10-/m1/s1. The second-order valence-corrected chi connectivity index (χ2v) is 7.43. The number of carbonyl (C=O) groups is 2. The van der Waals surface area contributed by atoms with Crippen molar-refractivity contribution >= 4 is 34.2 Å². The number of aromatic nitrogens is 3. The molecule has 154 valence electrons. The van der Waals surface area contributed by atoms with E-state index >= 15 is 0 Å². The SMILES string of the molecule is CC1(C)NC(=O)[C@H]1NC(=O)/C(=N\OCc1cc(=O)c(O)cn1O)c1nsc(N)n1. The number of hydrogen-bond donors (Lipinski definition) is 5. The molecule has 0 saturated carbocycles. The maximum absolute atomic E-state index is 12.6. The third kappa shape index (κ3) is 4.11. The van der Waals surface area contributed by atoms with Crippen molar-refractivity contribution in [1.29, 1.82) is 0 Å². The summed E-state index contributed by atoms with van der Waals surface area (Å²) >= 11 is 0.833. The summed E-state index contributed by atoms with van der Waals surface area (Å²) < 4.78 is 4.39. The molecule has 1 aliphatic heterocycles. The fraction of sp³-hybridized carbons (Fsp3) is 0.333. The predicted octanol–water partition coefficient (Wildman–Crippen LogP) is -1.46. The van der Waals surface area contributed by atoms with Crippen LogP contribution >= 0.6 is 11.5 Å². The zero-order chi connectivity index (χ0) is 21.3. The first-order chi connectivity index (χ1) is 13.6. The molecule has 1 fully saturated rings. The molecule has 0 unspecified atom stereocenters. The molecule has 3 heterocycles. The molecule has 1 aliphatic rings. The lowest BCUT2D eigenvalue weighted by Gasteiger charge is -2.44. The summed E-state index contributed by atoms with van der Waals surface area (Å²) in [4.78, 5) is 44.8. The number of oxime groups is 1. The molecule has 0 bridgehead atoms. The number of nitrogen functional groups attached to an aromatic ring is 1. The predicted molar refractivity (Wildman–Crippen MR) is 99.4 cm³/mol. The number of nitrogens with two attached hydrogens (primary N) is 1. The summed E-state index contributed by atoms with van der Waals surface area (Å²) in [7, 11) is 0. The van der Waals surface area contributed by atoms with Crippen molar-refractivity contribution in [3.05, 3.63) is 34.0 Å². The first-order valence-electron chi connectivity index (χ1n) is 8.14. The highest BCUT2D eigenvalue weighted by molar-refractivity contribution is 7.09. The lowest BCUT2D eigenvalue weighted by molar-refractivity contribution is -0.138. The molecule has 0 aliphatic carbocycles. The van der Waals surface area contributed by atoms with Gasteiger partial charge in [-0.1, -0.05) is 5.16 Å². The number of hydrogen-bond acceptors (Lipinski definition) is 11. The maximum atomic E-state index is 12.6. The van der Waals surface area contributed by atoms with Gasteiger partial charge in [0.05, 0.1) is 11.7 Å². The van der Waals surface area contributed by atoms with Crippen LogP contribution in [0.4, 0.5) is 5.13 Å². The summed E-state index contributed by atoms with van der Waals surface area (Å²) in [6.07, 6.45) is 0.790. The zero-order valence-electron chi connectivity index (χ0n) is 15.2. The molecule has 14 heteroatoms. The van der Waals surface area contributed by atoms with Crippen LogP contribution < -0.4 is 21.8 Å². The molecule has 2 aromatic rings. The Bertz CT molecular complexity index is 1060. The van der Waals surface area contributed by atoms with Crippen LogP contribution in [0.15, 0.2) is 22.2 Å². The minimum Gasteiger partial charge on any atom is -0.503 e. The van der Waals surface area contributed by atoms with Crippen LogP contribution in [0, 0.1) is 0 Å². The number of carbonyl (C=O) groups excluding carboxylic acids is 2. The van der Waals surface area contributed by atoms with Crippen molar-refractivity contribution in [2.45, 2.75) is 32.0 Å². The minimum absolute atomic E-state index is 0.0402. The molecule has 3 rings (SSSR count). The van der Waals surface area contributed by atoms with Crippen molar-refractivity contribution in [2.75, 3.05) is 5.73 Å². The van der Waals surface area contributed by atoms with E-state index in [1.54, 1.807) is 13.8 Å². The fourth-order valence-corrected chi connectivity index (χ4v) is 2.93. The van der Waals surface area contributed by atoms with E-state index in [4.69, 9.17) is 10.6 Å². The van der Waals surface area contributed by atoms with Gasteiger partial charge in [-0.05, 0) is 13.8 Å². The Balaban J connectivity index is 1.80. The molecule has 2 aromatic heterocycles. The van der Waals surface area contributed by atoms with E-state index in [1.165, 1.54) is 0 Å². The number of rotatable bonds is 6. The lowest BCUT2D eigenvalue weighted by atomic mass is 9.85. The molecule has 2 amide bonds. The number of nitrogens with one attached hydrogen (secondary N) is 2. The maximum Gasteiger partial charge on any atom is 0.278 e. The van der Waals surface area contributed by atoms with Crippen molar-refractivity contribution in [3.63, 3.8) is 0 Å². The van der Waals surface area contributed by atoms with Gasteiger partial charge in [-0.2, -0.15) is 14.1 Å². The normalized spacial score (nSPS) is 17.9. The minimum atomic E-state index is -0.795. The highest BCUT2D eigenvalue weighted by atomic mass is 32.1. The van der Waals surface area contributed by atoms with Gasteiger partial charge in [0.1, 0.15) is 11.7 Å². The largest absolute Gasteiger partial charge is 0.503 e. The van der Waals surface area contributed by atoms with Gasteiger partial charge in [0, 0.05) is 17.6 Å². The van der Waals surface area contributed by atoms with E-state index in [9.17, 15) is 24.7 Å². The van der Waals surface area contributed by atoms with Crippen molar-refractivity contribution in [2.24, 2.45) is 5.16 Å². The molecular weight excluding hydrogens is 406 g/mol. The molecule has 0 radical (unpaired) electrons. The highest BCUT2D eigenvalue weighted by Gasteiger charge is 2.47. The van der Waals surface area contributed by atoms with Crippen LogP contribution in [0.2, 0.25) is 0 Å². The summed E-state index contributed by atoms with van der Waals surface area (Å²) in [5, 5.41) is 27.9. The number of β-lactam (4-membered cyclic amide) rings is 1. The quantitative estimate of drug-likeness (QED) is 0.160. The van der Waals surface area contributed by atoms with E-state index in [1.807, 2.05) is 0 Å². The Kier molecular flexibility index (Phi) is 5.11. The topological polar surface area (TPSA) is 194 Å². The third-order valence-corrected chi connectivity index (χ3v) is 4.57. The second kappa shape index (κ2) is 7.38. The van der Waals surface area contributed by atoms with Crippen LogP contribution in [0.5, 0.6) is 5.75 Å². The van der Waals surface area contributed by atoms with Gasteiger partial charge in [-0.3, -0.25) is 14.4 Å². The number of pyridine rings is 1. The number of amides is 2. The van der Waals surface area contributed by atoms with Gasteiger partial charge < -0.3 is 31.5 Å². The van der Waals surface area contributed by atoms with Gasteiger partial charge in [0.25, 0.3) is 5.91 Å². The van der Waals surface area contributed by atoms with Crippen LogP contribution in [0.25, 0.3) is 0 Å². The smallest absolute Gasteiger partial charge is 0.278 e. The van der Waals surface area contributed by atoms with E-state index in [0.29, 0.717) is 4.73 Å². The zero-order valence-corrected chi connectivity index (χ0v) is 16.1. The average molecular weight is 423 g/mol. The third-order valence-electron chi connectivity index (χ3n) is 4.03. The fourth-order valence-electron chi connectivity index (χ4n) is 2.50. The summed E-state index contributed by atoms with van der Waals surface area (Å²) in [6, 6.07) is 0.140. The van der Waals surface area contributed by atoms with Gasteiger partial charge in [-0.25, -0.2) is 0 Å². The Labute approximate surface area is 166 Å². The first-order valence-corrected chi connectivity index (χ1v) is 8.92. The molecule has 1 saturated heterocycles. The summed E-state index contributed by atoms with van der Waals surface area (Å²) in [6.45, 7) is 3.05.